The van der Waals surface area contributed by atoms with Gasteiger partial charge >= 0.3 is 0 Å². The number of carbonyl (C=O) groups excluding carboxylic acids is 1. The fourth-order valence-corrected chi connectivity index (χ4v) is 2.26. The minimum absolute atomic E-state index is 0.0926. The van der Waals surface area contributed by atoms with Gasteiger partial charge in [-0.05, 0) is 17.7 Å². The Hall–Kier alpha value is -2.62. The molecule has 0 atom stereocenters. The third kappa shape index (κ3) is 2.40. The van der Waals surface area contributed by atoms with Crippen molar-refractivity contribution >= 4 is 17.4 Å². The normalized spacial score (nSPS) is 10.7. The Bertz CT molecular complexity index is 747. The Morgan fingerprint density at radius 3 is 2.65 bits per heavy atom. The van der Waals surface area contributed by atoms with Crippen LogP contribution in [0.2, 0.25) is 0 Å². The van der Waals surface area contributed by atoms with Crippen LogP contribution in [0.15, 0.2) is 54.7 Å². The van der Waals surface area contributed by atoms with E-state index in [1.807, 2.05) is 47.0 Å². The van der Waals surface area contributed by atoms with Crippen molar-refractivity contribution in [2.45, 2.75) is 13.3 Å². The molecule has 0 saturated heterocycles. The van der Waals surface area contributed by atoms with Crippen molar-refractivity contribution in [1.29, 1.82) is 0 Å². The summed E-state index contributed by atoms with van der Waals surface area (Å²) < 4.78 is 1.90. The van der Waals surface area contributed by atoms with Crippen molar-refractivity contribution in [3.63, 3.8) is 0 Å². The largest absolute Gasteiger partial charge is 0.310 e. The molecule has 20 heavy (non-hydrogen) atoms. The zero-order valence-corrected chi connectivity index (χ0v) is 11.2. The lowest BCUT2D eigenvalue weighted by Gasteiger charge is -2.05. The zero-order valence-electron chi connectivity index (χ0n) is 11.2. The molecular formula is C16H15N3O. The van der Waals surface area contributed by atoms with Crippen LogP contribution in [-0.2, 0) is 11.2 Å². The van der Waals surface area contributed by atoms with Gasteiger partial charge in [-0.2, -0.15) is 0 Å². The quantitative estimate of drug-likeness (QED) is 0.791. The Morgan fingerprint density at radius 2 is 1.90 bits per heavy atom. The summed E-state index contributed by atoms with van der Waals surface area (Å²) in [6.45, 7) is 1.51. The maximum atomic E-state index is 11.4. The van der Waals surface area contributed by atoms with E-state index in [0.717, 1.165) is 17.2 Å². The number of aromatic nitrogens is 2. The van der Waals surface area contributed by atoms with E-state index >= 15 is 0 Å². The highest BCUT2D eigenvalue weighted by atomic mass is 16.1. The number of benzene rings is 1. The first-order valence-electron chi connectivity index (χ1n) is 6.51. The van der Waals surface area contributed by atoms with Crippen molar-refractivity contribution in [3.05, 3.63) is 66.0 Å². The van der Waals surface area contributed by atoms with Crippen molar-refractivity contribution in [2.75, 3.05) is 5.32 Å². The topological polar surface area (TPSA) is 46.4 Å². The molecule has 0 fully saturated rings. The van der Waals surface area contributed by atoms with E-state index in [2.05, 4.69) is 22.4 Å². The third-order valence-electron chi connectivity index (χ3n) is 3.11. The average Bonchev–Trinajstić information content (AvgIpc) is 2.78. The number of nitrogens with zero attached hydrogens (tertiary/aromatic N) is 2. The molecular weight excluding hydrogens is 250 g/mol. The summed E-state index contributed by atoms with van der Waals surface area (Å²) >= 11 is 0. The summed E-state index contributed by atoms with van der Waals surface area (Å²) in [5.41, 5.74) is 2.88. The maximum Gasteiger partial charge on any atom is 0.222 e. The monoisotopic (exact) mass is 265 g/mol. The minimum atomic E-state index is -0.0926. The minimum Gasteiger partial charge on any atom is -0.310 e. The smallest absolute Gasteiger partial charge is 0.222 e. The first-order chi connectivity index (χ1) is 9.74. The van der Waals surface area contributed by atoms with Gasteiger partial charge in [0.05, 0.1) is 5.69 Å². The molecule has 0 unspecified atom stereocenters. The fourth-order valence-electron chi connectivity index (χ4n) is 2.26. The number of anilines is 1. The molecule has 2 aromatic heterocycles. The average molecular weight is 265 g/mol. The third-order valence-corrected chi connectivity index (χ3v) is 3.11. The molecule has 100 valence electrons. The predicted molar refractivity (Wildman–Crippen MR) is 78.7 cm³/mol. The second kappa shape index (κ2) is 5.17. The number of nitrogens with one attached hydrogen (secondary N) is 1. The Labute approximate surface area is 117 Å². The highest BCUT2D eigenvalue weighted by molar-refractivity contribution is 5.89. The van der Waals surface area contributed by atoms with Gasteiger partial charge in [-0.25, -0.2) is 4.98 Å². The number of fused-ring (bicyclic) bond motifs is 1. The molecule has 0 aliphatic heterocycles. The Kier molecular flexibility index (Phi) is 3.21. The van der Waals surface area contributed by atoms with E-state index in [-0.39, 0.29) is 5.91 Å². The van der Waals surface area contributed by atoms with Crippen molar-refractivity contribution in [2.24, 2.45) is 0 Å². The second-order valence-electron chi connectivity index (χ2n) is 4.68. The second-order valence-corrected chi connectivity index (χ2v) is 4.68. The first-order valence-corrected chi connectivity index (χ1v) is 6.51. The molecule has 0 aliphatic rings. The Balaban J connectivity index is 2.07. The number of pyridine rings is 1. The van der Waals surface area contributed by atoms with Gasteiger partial charge in [-0.1, -0.05) is 36.4 Å². The van der Waals surface area contributed by atoms with Gasteiger partial charge in [0.25, 0.3) is 0 Å². The number of hydrogen-bond acceptors (Lipinski definition) is 2. The lowest BCUT2D eigenvalue weighted by Crippen LogP contribution is -2.10. The molecule has 0 radical (unpaired) electrons. The van der Waals surface area contributed by atoms with E-state index < -0.39 is 0 Å². The van der Waals surface area contributed by atoms with Crippen molar-refractivity contribution in [1.82, 2.24) is 9.38 Å². The van der Waals surface area contributed by atoms with Gasteiger partial charge in [-0.15, -0.1) is 0 Å². The molecule has 3 rings (SSSR count). The molecule has 2 heterocycles. The lowest BCUT2D eigenvalue weighted by molar-refractivity contribution is -0.114. The van der Waals surface area contributed by atoms with E-state index in [9.17, 15) is 4.79 Å². The van der Waals surface area contributed by atoms with Gasteiger partial charge < -0.3 is 5.32 Å². The molecule has 4 nitrogen and oxygen atoms in total. The summed E-state index contributed by atoms with van der Waals surface area (Å²) in [4.78, 5) is 16.0. The molecule has 0 aliphatic carbocycles. The van der Waals surface area contributed by atoms with Crippen LogP contribution in [0.5, 0.6) is 0 Å². The van der Waals surface area contributed by atoms with Crippen LogP contribution in [-0.4, -0.2) is 15.3 Å². The fraction of sp³-hybridized carbons (Fsp3) is 0.125. The van der Waals surface area contributed by atoms with Gasteiger partial charge in [0.1, 0.15) is 11.5 Å². The van der Waals surface area contributed by atoms with E-state index in [0.29, 0.717) is 6.42 Å². The van der Waals surface area contributed by atoms with Crippen LogP contribution in [0.1, 0.15) is 18.2 Å². The van der Waals surface area contributed by atoms with Crippen LogP contribution in [0.4, 0.5) is 5.82 Å². The molecule has 1 aromatic carbocycles. The summed E-state index contributed by atoms with van der Waals surface area (Å²) in [5, 5.41) is 2.88. The number of hydrogen-bond donors (Lipinski definition) is 1. The van der Waals surface area contributed by atoms with Crippen LogP contribution >= 0.6 is 0 Å². The van der Waals surface area contributed by atoms with Crippen LogP contribution in [0.25, 0.3) is 5.65 Å². The standard InChI is InChI=1S/C16H15N3O/c1-12(20)17-16-14(11-13-7-3-2-4-8-13)18-15-9-5-6-10-19(15)16/h2-10H,11H2,1H3,(H,17,20). The summed E-state index contributed by atoms with van der Waals surface area (Å²) in [6.07, 6.45) is 2.60. The number of carbonyl (C=O) groups is 1. The highest BCUT2D eigenvalue weighted by Gasteiger charge is 2.13. The molecule has 0 saturated carbocycles. The van der Waals surface area contributed by atoms with Crippen LogP contribution < -0.4 is 5.32 Å². The van der Waals surface area contributed by atoms with Crippen LogP contribution in [0.3, 0.4) is 0 Å². The summed E-state index contributed by atoms with van der Waals surface area (Å²) in [5.74, 6) is 0.655. The zero-order chi connectivity index (χ0) is 13.9. The maximum absolute atomic E-state index is 11.4. The summed E-state index contributed by atoms with van der Waals surface area (Å²) in [6, 6.07) is 15.9. The molecule has 4 heteroatoms. The van der Waals surface area contributed by atoms with Gasteiger partial charge in [-0.3, -0.25) is 9.20 Å². The lowest BCUT2D eigenvalue weighted by atomic mass is 10.1. The van der Waals surface area contributed by atoms with Gasteiger partial charge in [0.15, 0.2) is 0 Å². The van der Waals surface area contributed by atoms with Crippen molar-refractivity contribution in [3.8, 4) is 0 Å². The SMILES string of the molecule is CC(=O)Nc1c(Cc2ccccc2)nc2ccccn12. The highest BCUT2D eigenvalue weighted by Crippen LogP contribution is 2.21. The molecule has 0 spiro atoms. The van der Waals surface area contributed by atoms with E-state index in [1.54, 1.807) is 0 Å². The van der Waals surface area contributed by atoms with Crippen LogP contribution in [0, 0.1) is 0 Å². The number of imidazole rings is 1. The van der Waals surface area contributed by atoms with Crippen molar-refractivity contribution < 1.29 is 4.79 Å². The van der Waals surface area contributed by atoms with E-state index in [1.165, 1.54) is 12.5 Å². The molecule has 3 aromatic rings. The number of rotatable bonds is 3. The van der Waals surface area contributed by atoms with E-state index in [4.69, 9.17) is 0 Å². The predicted octanol–water partition coefficient (Wildman–Crippen LogP) is 2.88. The summed E-state index contributed by atoms with van der Waals surface area (Å²) in [7, 11) is 0. The Morgan fingerprint density at radius 1 is 1.15 bits per heavy atom. The molecule has 1 N–H and O–H groups in total. The molecule has 1 amide bonds. The number of amides is 1. The first kappa shape index (κ1) is 12.4. The molecule has 0 bridgehead atoms. The van der Waals surface area contributed by atoms with Gasteiger partial charge in [0, 0.05) is 19.5 Å². The van der Waals surface area contributed by atoms with Gasteiger partial charge in [0.2, 0.25) is 5.91 Å².